The Morgan fingerprint density at radius 1 is 0.314 bits per heavy atom. The number of aromatic nitrogens is 2. The molecule has 2 heterocycles. The minimum atomic E-state index is -0.232. The molecule has 70 heavy (non-hydrogen) atoms. The summed E-state index contributed by atoms with van der Waals surface area (Å²) in [6, 6.07) is 91.6. The van der Waals surface area contributed by atoms with Crippen molar-refractivity contribution in [3.8, 4) is 44.8 Å². The first-order valence-electron chi connectivity index (χ1n) is 24.3. The number of benzene rings is 11. The van der Waals surface area contributed by atoms with Gasteiger partial charge in [0.05, 0.1) is 27.8 Å². The van der Waals surface area contributed by atoms with E-state index in [2.05, 4.69) is 277 Å². The largest absolute Gasteiger partial charge is 0.310 e. The van der Waals surface area contributed by atoms with Crippen molar-refractivity contribution >= 4 is 71.4 Å². The van der Waals surface area contributed by atoms with E-state index in [-0.39, 0.29) is 5.41 Å². The molecule has 14 rings (SSSR count). The Kier molecular flexibility index (Phi) is 8.93. The third kappa shape index (κ3) is 6.15. The van der Waals surface area contributed by atoms with Crippen LogP contribution >= 0.6 is 0 Å². The lowest BCUT2D eigenvalue weighted by molar-refractivity contribution is 0.660. The molecular weight excluding hydrogens is 847 g/mol. The number of hydrogen-bond donors (Lipinski definition) is 0. The molecule has 0 saturated carbocycles. The Morgan fingerprint density at radius 2 is 0.771 bits per heavy atom. The van der Waals surface area contributed by atoms with Crippen LogP contribution < -0.4 is 4.90 Å². The van der Waals surface area contributed by atoms with Gasteiger partial charge in [0.25, 0.3) is 0 Å². The van der Waals surface area contributed by atoms with Crippen LogP contribution in [0.4, 0.5) is 17.1 Å². The van der Waals surface area contributed by atoms with Crippen molar-refractivity contribution < 1.29 is 0 Å². The minimum absolute atomic E-state index is 0.232. The predicted octanol–water partition coefficient (Wildman–Crippen LogP) is 18.1. The highest BCUT2D eigenvalue weighted by Gasteiger charge is 2.36. The van der Waals surface area contributed by atoms with Crippen molar-refractivity contribution in [1.29, 1.82) is 0 Å². The van der Waals surface area contributed by atoms with Crippen LogP contribution in [0, 0.1) is 0 Å². The van der Waals surface area contributed by atoms with Gasteiger partial charge in [-0.05, 0) is 141 Å². The van der Waals surface area contributed by atoms with Gasteiger partial charge < -0.3 is 14.0 Å². The molecule has 0 unspecified atom stereocenters. The van der Waals surface area contributed by atoms with E-state index in [1.54, 1.807) is 0 Å². The van der Waals surface area contributed by atoms with E-state index in [1.807, 2.05) is 0 Å². The van der Waals surface area contributed by atoms with Gasteiger partial charge in [-0.15, -0.1) is 0 Å². The van der Waals surface area contributed by atoms with Crippen LogP contribution in [0.25, 0.3) is 99.1 Å². The van der Waals surface area contributed by atoms with E-state index < -0.39 is 0 Å². The summed E-state index contributed by atoms with van der Waals surface area (Å²) in [6.45, 7) is 4.79. The average molecular weight is 894 g/mol. The quantitative estimate of drug-likeness (QED) is 0.155. The zero-order chi connectivity index (χ0) is 46.5. The normalized spacial score (nSPS) is 12.8. The molecule has 0 bridgehead atoms. The number of nitrogens with zero attached hydrogens (tertiary/aromatic N) is 3. The maximum absolute atomic E-state index is 2.45. The Labute approximate surface area is 407 Å². The molecule has 0 spiro atoms. The van der Waals surface area contributed by atoms with Crippen LogP contribution in [0.3, 0.4) is 0 Å². The third-order valence-corrected chi connectivity index (χ3v) is 15.1. The summed E-state index contributed by atoms with van der Waals surface area (Å²) in [5, 5.41) is 7.50. The Balaban J connectivity index is 0.827. The maximum atomic E-state index is 2.45. The van der Waals surface area contributed by atoms with Gasteiger partial charge in [0.2, 0.25) is 0 Å². The monoisotopic (exact) mass is 893 g/mol. The van der Waals surface area contributed by atoms with Crippen molar-refractivity contribution in [2.24, 2.45) is 0 Å². The zero-order valence-electron chi connectivity index (χ0n) is 39.0. The van der Waals surface area contributed by atoms with Crippen molar-refractivity contribution in [1.82, 2.24) is 9.13 Å². The summed E-state index contributed by atoms with van der Waals surface area (Å²) in [7, 11) is 0. The molecule has 0 atom stereocenters. The number of para-hydroxylation sites is 4. The molecule has 0 fully saturated rings. The fourth-order valence-corrected chi connectivity index (χ4v) is 11.7. The number of fused-ring (bicyclic) bond motifs is 10. The molecule has 0 aliphatic heterocycles. The number of hydrogen-bond acceptors (Lipinski definition) is 1. The van der Waals surface area contributed by atoms with Crippen LogP contribution in [-0.2, 0) is 5.41 Å². The lowest BCUT2D eigenvalue weighted by atomic mass is 9.81. The summed E-state index contributed by atoms with van der Waals surface area (Å²) < 4.78 is 4.76. The topological polar surface area (TPSA) is 13.1 Å². The van der Waals surface area contributed by atoms with Crippen LogP contribution in [0.2, 0.25) is 0 Å². The molecule has 13 aromatic rings. The molecule has 3 nitrogen and oxygen atoms in total. The zero-order valence-corrected chi connectivity index (χ0v) is 39.0. The second kappa shape index (κ2) is 15.6. The number of rotatable bonds is 7. The lowest BCUT2D eigenvalue weighted by Crippen LogP contribution is -2.16. The minimum Gasteiger partial charge on any atom is -0.310 e. The molecule has 0 saturated heterocycles. The van der Waals surface area contributed by atoms with E-state index in [0.717, 1.165) is 22.7 Å². The fraction of sp³-hybridized carbons (Fsp3) is 0.0448. The van der Waals surface area contributed by atoms with Gasteiger partial charge in [-0.2, -0.15) is 0 Å². The van der Waals surface area contributed by atoms with Crippen LogP contribution in [0.5, 0.6) is 0 Å². The standard InChI is InChI=1S/C67H47N3/c1-67(2)60-42-48(47-32-40-66-59(41-47)58-22-10-13-25-65(58)69(66)49-17-4-3-5-18-49)31-38-54(60)55-39-37-52(43-61(55)67)68(62-26-14-16-46-15-6-7-19-53(46)62)50-33-27-44(28-34-50)45-29-35-51(36-30-45)70-63-23-11-8-20-56(63)57-21-9-12-24-64(57)70/h3-43H,1-2H3. The van der Waals surface area contributed by atoms with Gasteiger partial charge in [-0.3, -0.25) is 0 Å². The molecule has 0 radical (unpaired) electrons. The van der Waals surface area contributed by atoms with E-state index in [9.17, 15) is 0 Å². The van der Waals surface area contributed by atoms with Gasteiger partial charge in [0.15, 0.2) is 0 Å². The van der Waals surface area contributed by atoms with Crippen molar-refractivity contribution in [2.75, 3.05) is 4.90 Å². The summed E-state index contributed by atoms with van der Waals surface area (Å²) in [6.07, 6.45) is 0. The summed E-state index contributed by atoms with van der Waals surface area (Å²) in [5.74, 6) is 0. The Hall–Kier alpha value is -8.92. The lowest BCUT2D eigenvalue weighted by Gasteiger charge is -2.29. The van der Waals surface area contributed by atoms with Crippen molar-refractivity contribution in [3.05, 3.63) is 260 Å². The van der Waals surface area contributed by atoms with E-state index in [0.29, 0.717) is 0 Å². The Morgan fingerprint density at radius 3 is 1.44 bits per heavy atom. The van der Waals surface area contributed by atoms with Gasteiger partial charge in [0.1, 0.15) is 0 Å². The molecule has 330 valence electrons. The molecule has 3 heteroatoms. The molecule has 2 aromatic heterocycles. The third-order valence-electron chi connectivity index (χ3n) is 15.1. The number of anilines is 3. The van der Waals surface area contributed by atoms with Gasteiger partial charge in [-0.25, -0.2) is 0 Å². The molecule has 0 amide bonds. The first kappa shape index (κ1) is 40.2. The fourth-order valence-electron chi connectivity index (χ4n) is 11.7. The molecule has 1 aliphatic rings. The molecular formula is C67H47N3. The van der Waals surface area contributed by atoms with E-state index in [4.69, 9.17) is 0 Å². The first-order valence-corrected chi connectivity index (χ1v) is 24.3. The van der Waals surface area contributed by atoms with Crippen LogP contribution in [0.1, 0.15) is 25.0 Å². The summed E-state index contributed by atoms with van der Waals surface area (Å²) in [4.78, 5) is 2.45. The van der Waals surface area contributed by atoms with Crippen molar-refractivity contribution in [3.63, 3.8) is 0 Å². The van der Waals surface area contributed by atoms with Gasteiger partial charge in [-0.1, -0.05) is 172 Å². The van der Waals surface area contributed by atoms with E-state index in [1.165, 1.54) is 105 Å². The van der Waals surface area contributed by atoms with Crippen LogP contribution in [0.15, 0.2) is 249 Å². The summed E-state index contributed by atoms with van der Waals surface area (Å²) >= 11 is 0. The second-order valence-corrected chi connectivity index (χ2v) is 19.3. The molecule has 0 N–H and O–H groups in total. The van der Waals surface area contributed by atoms with E-state index >= 15 is 0 Å². The summed E-state index contributed by atoms with van der Waals surface area (Å²) in [5.41, 5.74) is 20.5. The molecule has 11 aromatic carbocycles. The average Bonchev–Trinajstić information content (AvgIpc) is 4.01. The van der Waals surface area contributed by atoms with Crippen LogP contribution in [-0.4, -0.2) is 9.13 Å². The maximum Gasteiger partial charge on any atom is 0.0541 e. The highest BCUT2D eigenvalue weighted by atomic mass is 15.1. The van der Waals surface area contributed by atoms with Crippen molar-refractivity contribution in [2.45, 2.75) is 19.3 Å². The predicted molar refractivity (Wildman–Crippen MR) is 296 cm³/mol. The van der Waals surface area contributed by atoms with Gasteiger partial charge >= 0.3 is 0 Å². The highest BCUT2D eigenvalue weighted by molar-refractivity contribution is 6.11. The highest BCUT2D eigenvalue weighted by Crippen LogP contribution is 2.52. The smallest absolute Gasteiger partial charge is 0.0541 e. The van der Waals surface area contributed by atoms with Gasteiger partial charge in [0, 0.05) is 55.1 Å². The molecule has 1 aliphatic carbocycles. The SMILES string of the molecule is CC1(C)c2cc(-c3ccc4c(c3)c3ccccc3n4-c3ccccc3)ccc2-c2ccc(N(c3ccc(-c4ccc(-n5c6ccccc6c6ccccc65)cc4)cc3)c3cccc4ccccc34)cc21. The Bertz CT molecular complexity index is 4130. The second-order valence-electron chi connectivity index (χ2n) is 19.3. The first-order chi connectivity index (χ1) is 34.5.